The molecular weight excluding hydrogens is 600 g/mol. The van der Waals surface area contributed by atoms with Gasteiger partial charge in [0.05, 0.1) is 29.7 Å². The van der Waals surface area contributed by atoms with Crippen LogP contribution in [0.4, 0.5) is 34.5 Å². The number of rotatable bonds is 10. The summed E-state index contributed by atoms with van der Waals surface area (Å²) in [5.74, 6) is 1.79. The summed E-state index contributed by atoms with van der Waals surface area (Å²) in [7, 11) is 2.60. The molecule has 46 heavy (non-hydrogen) atoms. The van der Waals surface area contributed by atoms with Crippen LogP contribution < -0.4 is 25.0 Å². The highest BCUT2D eigenvalue weighted by Gasteiger charge is 2.28. The molecule has 2 fully saturated rings. The van der Waals surface area contributed by atoms with Crippen molar-refractivity contribution in [3.05, 3.63) is 54.0 Å². The number of hydrogen-bond acceptors (Lipinski definition) is 11. The number of aromatic nitrogens is 4. The highest BCUT2D eigenvalue weighted by Crippen LogP contribution is 2.37. The number of anilines is 6. The van der Waals surface area contributed by atoms with Gasteiger partial charge in [-0.05, 0) is 57.0 Å². The Labute approximate surface area is 273 Å². The summed E-state index contributed by atoms with van der Waals surface area (Å²) in [6.45, 7) is 10.9. The van der Waals surface area contributed by atoms with Gasteiger partial charge in [-0.2, -0.15) is 4.98 Å². The van der Waals surface area contributed by atoms with Gasteiger partial charge < -0.3 is 29.9 Å². The van der Waals surface area contributed by atoms with Crippen molar-refractivity contribution in [2.45, 2.75) is 39.2 Å². The molecule has 13 heteroatoms. The van der Waals surface area contributed by atoms with Crippen LogP contribution in [0.5, 0.6) is 5.75 Å². The summed E-state index contributed by atoms with van der Waals surface area (Å²) in [5, 5.41) is 6.81. The molecule has 2 aromatic heterocycles. The minimum Gasteiger partial charge on any atom is -0.494 e. The third-order valence-corrected chi connectivity index (χ3v) is 9.49. The van der Waals surface area contributed by atoms with Crippen molar-refractivity contribution in [1.29, 1.82) is 0 Å². The Kier molecular flexibility index (Phi) is 9.81. The summed E-state index contributed by atoms with van der Waals surface area (Å²) in [5.41, 5.74) is 6.76. The van der Waals surface area contributed by atoms with Gasteiger partial charge in [0.1, 0.15) is 28.1 Å². The molecule has 244 valence electrons. The number of piperidine rings is 1. The van der Waals surface area contributed by atoms with E-state index in [0.29, 0.717) is 40.2 Å². The van der Waals surface area contributed by atoms with E-state index in [4.69, 9.17) is 9.72 Å². The van der Waals surface area contributed by atoms with Crippen LogP contribution >= 0.6 is 0 Å². The Morgan fingerprint density at radius 3 is 2.46 bits per heavy atom. The average molecular weight is 645 g/mol. The van der Waals surface area contributed by atoms with Gasteiger partial charge in [0.15, 0.2) is 0 Å². The molecule has 2 aliphatic rings. The molecule has 2 aliphatic heterocycles. The van der Waals surface area contributed by atoms with Crippen molar-refractivity contribution in [3.8, 4) is 5.75 Å². The summed E-state index contributed by atoms with van der Waals surface area (Å²) < 4.78 is 21.1. The third-order valence-electron chi connectivity index (χ3n) is 9.00. The first-order chi connectivity index (χ1) is 22.3. The molecule has 6 rings (SSSR count). The molecule has 0 amide bonds. The van der Waals surface area contributed by atoms with Gasteiger partial charge in [0, 0.05) is 87.5 Å². The zero-order valence-corrected chi connectivity index (χ0v) is 28.2. The fraction of sp³-hybridized carbons (Fsp3) is 0.455. The highest BCUT2D eigenvalue weighted by molar-refractivity contribution is 7.85. The number of benzene rings is 2. The second kappa shape index (κ2) is 14.1. The normalized spacial score (nSPS) is 17.2. The van der Waals surface area contributed by atoms with Crippen molar-refractivity contribution in [3.63, 3.8) is 0 Å². The van der Waals surface area contributed by atoms with Gasteiger partial charge >= 0.3 is 0 Å². The Morgan fingerprint density at radius 1 is 0.978 bits per heavy atom. The van der Waals surface area contributed by atoms with Crippen molar-refractivity contribution in [2.24, 2.45) is 0 Å². The van der Waals surface area contributed by atoms with E-state index in [1.165, 1.54) is 37.2 Å². The number of nitrogens with zero attached hydrogens (tertiary/aromatic N) is 7. The van der Waals surface area contributed by atoms with Gasteiger partial charge in [-0.15, -0.1) is 0 Å². The third kappa shape index (κ3) is 7.01. The SMILES string of the molecule is CCc1cc(Nc2ncc(C)c(Nc3ccc4nccnc4c3NS(C)=O)n2)c(OC)cc1N1CCC(N2CCN(C)CC2)CC1. The Balaban J connectivity index is 1.21. The van der Waals surface area contributed by atoms with Gasteiger partial charge in [0.2, 0.25) is 5.95 Å². The minimum absolute atomic E-state index is 0.434. The van der Waals surface area contributed by atoms with Crippen LogP contribution in [0.25, 0.3) is 11.0 Å². The fourth-order valence-corrected chi connectivity index (χ4v) is 6.88. The molecule has 1 unspecified atom stereocenters. The summed E-state index contributed by atoms with van der Waals surface area (Å²) >= 11 is 0. The van der Waals surface area contributed by atoms with Crippen LogP contribution in [0, 0.1) is 6.92 Å². The molecule has 0 saturated carbocycles. The Morgan fingerprint density at radius 2 is 1.74 bits per heavy atom. The lowest BCUT2D eigenvalue weighted by Crippen LogP contribution is -2.52. The van der Waals surface area contributed by atoms with Crippen LogP contribution in [0.1, 0.15) is 30.9 Å². The smallest absolute Gasteiger partial charge is 0.229 e. The zero-order chi connectivity index (χ0) is 32.2. The van der Waals surface area contributed by atoms with Crippen LogP contribution in [-0.2, 0) is 17.4 Å². The van der Waals surface area contributed by atoms with E-state index >= 15 is 0 Å². The van der Waals surface area contributed by atoms with E-state index in [2.05, 4.69) is 71.1 Å². The second-order valence-corrected chi connectivity index (χ2v) is 13.1. The summed E-state index contributed by atoms with van der Waals surface area (Å²) in [6, 6.07) is 8.74. The van der Waals surface area contributed by atoms with E-state index in [-0.39, 0.29) is 0 Å². The van der Waals surface area contributed by atoms with Crippen molar-refractivity contribution >= 4 is 56.5 Å². The average Bonchev–Trinajstić information content (AvgIpc) is 3.07. The first-order valence-electron chi connectivity index (χ1n) is 15.9. The topological polar surface area (TPSA) is 124 Å². The standard InChI is InChI=1S/C33H44N10O2S/c1-6-23-19-27(29(45-4)20-28(23)43-13-9-24(10-14-43)42-17-15-41(3)16-18-42)38-33-36-21-22(2)32(39-33)37-26-8-7-25-30(35-12-11-34-25)31(26)40-46(5)44/h7-8,11-12,19-21,24,40H,6,9-10,13-18H2,1-5H3,(H2,36,37,38,39). The number of piperazine rings is 1. The fourth-order valence-electron chi connectivity index (χ4n) is 6.38. The summed E-state index contributed by atoms with van der Waals surface area (Å²) in [6.07, 6.45) is 9.86. The lowest BCUT2D eigenvalue weighted by Gasteiger charge is -2.43. The Bertz CT molecular complexity index is 1700. The monoisotopic (exact) mass is 644 g/mol. The van der Waals surface area contributed by atoms with E-state index in [9.17, 15) is 4.21 Å². The van der Waals surface area contributed by atoms with Crippen LogP contribution in [0.2, 0.25) is 0 Å². The quantitative estimate of drug-likeness (QED) is 0.222. The predicted molar refractivity (Wildman–Crippen MR) is 187 cm³/mol. The molecule has 3 N–H and O–H groups in total. The largest absolute Gasteiger partial charge is 0.494 e. The molecule has 0 bridgehead atoms. The Hall–Kier alpha value is -4.07. The first kappa shape index (κ1) is 31.9. The van der Waals surface area contributed by atoms with E-state index in [1.807, 2.05) is 19.1 Å². The maximum absolute atomic E-state index is 12.2. The van der Waals surface area contributed by atoms with E-state index in [1.54, 1.807) is 32.0 Å². The van der Waals surface area contributed by atoms with Gasteiger partial charge in [-0.25, -0.2) is 9.19 Å². The number of aryl methyl sites for hydroxylation is 2. The zero-order valence-electron chi connectivity index (χ0n) is 27.3. The molecule has 2 saturated heterocycles. The summed E-state index contributed by atoms with van der Waals surface area (Å²) in [4.78, 5) is 25.9. The molecule has 12 nitrogen and oxygen atoms in total. The lowest BCUT2D eigenvalue weighted by atomic mass is 9.99. The molecule has 1 atom stereocenters. The number of ether oxygens (including phenoxy) is 1. The highest BCUT2D eigenvalue weighted by atomic mass is 32.2. The molecule has 4 aromatic rings. The van der Waals surface area contributed by atoms with Gasteiger partial charge in [0.25, 0.3) is 0 Å². The maximum Gasteiger partial charge on any atom is 0.229 e. The molecular formula is C33H44N10O2S. The number of methoxy groups -OCH3 is 1. The van der Waals surface area contributed by atoms with Crippen LogP contribution in [0.3, 0.4) is 0 Å². The van der Waals surface area contributed by atoms with E-state index in [0.717, 1.165) is 49.6 Å². The lowest BCUT2D eigenvalue weighted by molar-refractivity contribution is 0.0982. The predicted octanol–water partition coefficient (Wildman–Crippen LogP) is 4.71. The molecule has 0 spiro atoms. The molecule has 2 aromatic carbocycles. The number of hydrogen-bond donors (Lipinski definition) is 3. The van der Waals surface area contributed by atoms with Gasteiger partial charge in [-0.3, -0.25) is 14.9 Å². The second-order valence-electron chi connectivity index (χ2n) is 12.0. The van der Waals surface area contributed by atoms with Crippen molar-refractivity contribution < 1.29 is 8.95 Å². The molecule has 0 radical (unpaired) electrons. The maximum atomic E-state index is 12.2. The van der Waals surface area contributed by atoms with Crippen LogP contribution in [0.15, 0.2) is 42.9 Å². The van der Waals surface area contributed by atoms with Crippen molar-refractivity contribution in [1.82, 2.24) is 29.7 Å². The van der Waals surface area contributed by atoms with Crippen molar-refractivity contribution in [2.75, 3.05) is 79.9 Å². The molecule has 0 aliphatic carbocycles. The molecule has 4 heterocycles. The van der Waals surface area contributed by atoms with Gasteiger partial charge in [-0.1, -0.05) is 6.92 Å². The first-order valence-corrected chi connectivity index (χ1v) is 17.5. The number of nitrogens with one attached hydrogen (secondary N) is 3. The number of likely N-dealkylation sites (N-methyl/N-ethyl adjacent to an activating group) is 1. The van der Waals surface area contributed by atoms with E-state index < -0.39 is 11.0 Å². The number of fused-ring (bicyclic) bond motifs is 1. The van der Waals surface area contributed by atoms with Crippen LogP contribution in [-0.4, -0.2) is 99.7 Å². The minimum atomic E-state index is -1.32.